The SMILES string of the molecule is CC/C(=C\COc1ccc2c(c1)OCO2)CCC1OC1(C)CC(C)C. The molecule has 2 aliphatic rings. The predicted octanol–water partition coefficient (Wildman–Crippen LogP) is 5.11. The van der Waals surface area contributed by atoms with Crippen LogP contribution in [0.25, 0.3) is 0 Å². The summed E-state index contributed by atoms with van der Waals surface area (Å²) in [6.07, 6.45) is 7.01. The van der Waals surface area contributed by atoms with Crippen molar-refractivity contribution in [2.45, 2.75) is 65.1 Å². The first kappa shape index (κ1) is 18.1. The Labute approximate surface area is 151 Å². The lowest BCUT2D eigenvalue weighted by atomic mass is 9.92. The van der Waals surface area contributed by atoms with Crippen LogP contribution in [0.2, 0.25) is 0 Å². The molecule has 138 valence electrons. The first-order valence-corrected chi connectivity index (χ1v) is 9.38. The van der Waals surface area contributed by atoms with Crippen LogP contribution < -0.4 is 14.2 Å². The Kier molecular flexibility index (Phi) is 5.57. The summed E-state index contributed by atoms with van der Waals surface area (Å²) in [5.74, 6) is 3.04. The summed E-state index contributed by atoms with van der Waals surface area (Å²) in [5.41, 5.74) is 1.54. The molecule has 1 aromatic rings. The molecule has 0 aliphatic carbocycles. The van der Waals surface area contributed by atoms with E-state index in [0.29, 0.717) is 18.6 Å². The molecule has 0 N–H and O–H groups in total. The van der Waals surface area contributed by atoms with Crippen molar-refractivity contribution in [3.05, 3.63) is 29.8 Å². The van der Waals surface area contributed by atoms with Crippen molar-refractivity contribution in [3.8, 4) is 17.2 Å². The van der Waals surface area contributed by atoms with Crippen LogP contribution in [0.5, 0.6) is 17.2 Å². The summed E-state index contributed by atoms with van der Waals surface area (Å²) in [6.45, 7) is 9.84. The van der Waals surface area contributed by atoms with Crippen LogP contribution in [-0.2, 0) is 4.74 Å². The summed E-state index contributed by atoms with van der Waals surface area (Å²) >= 11 is 0. The molecule has 1 saturated heterocycles. The van der Waals surface area contributed by atoms with E-state index < -0.39 is 0 Å². The summed E-state index contributed by atoms with van der Waals surface area (Å²) < 4.78 is 22.5. The van der Waals surface area contributed by atoms with Gasteiger partial charge in [0.2, 0.25) is 6.79 Å². The second-order valence-electron chi connectivity index (χ2n) is 7.60. The zero-order chi connectivity index (χ0) is 17.9. The molecular formula is C21H30O4. The van der Waals surface area contributed by atoms with Crippen LogP contribution in [0.4, 0.5) is 0 Å². The minimum Gasteiger partial charge on any atom is -0.489 e. The maximum absolute atomic E-state index is 5.94. The number of fused-ring (bicyclic) bond motifs is 1. The molecule has 4 heteroatoms. The van der Waals surface area contributed by atoms with Crippen LogP contribution in [0.1, 0.15) is 53.4 Å². The molecule has 1 aromatic carbocycles. The normalized spacial score (nSPS) is 24.7. The van der Waals surface area contributed by atoms with Gasteiger partial charge in [0, 0.05) is 6.07 Å². The fourth-order valence-corrected chi connectivity index (χ4v) is 3.61. The number of ether oxygens (including phenoxy) is 4. The minimum absolute atomic E-state index is 0.107. The van der Waals surface area contributed by atoms with E-state index in [2.05, 4.69) is 33.8 Å². The number of benzene rings is 1. The Bertz CT molecular complexity index is 622. The van der Waals surface area contributed by atoms with Crippen molar-refractivity contribution in [1.29, 1.82) is 0 Å². The van der Waals surface area contributed by atoms with E-state index in [0.717, 1.165) is 42.9 Å². The Morgan fingerprint density at radius 1 is 1.32 bits per heavy atom. The van der Waals surface area contributed by atoms with Crippen LogP contribution in [-0.4, -0.2) is 25.1 Å². The lowest BCUT2D eigenvalue weighted by Crippen LogP contribution is -2.13. The van der Waals surface area contributed by atoms with E-state index in [1.54, 1.807) is 0 Å². The second kappa shape index (κ2) is 7.69. The monoisotopic (exact) mass is 346 g/mol. The van der Waals surface area contributed by atoms with Gasteiger partial charge < -0.3 is 18.9 Å². The van der Waals surface area contributed by atoms with E-state index in [1.807, 2.05) is 18.2 Å². The Balaban J connectivity index is 1.44. The molecule has 0 spiro atoms. The Morgan fingerprint density at radius 3 is 2.88 bits per heavy atom. The number of hydrogen-bond donors (Lipinski definition) is 0. The lowest BCUT2D eigenvalue weighted by molar-refractivity contribution is 0.174. The predicted molar refractivity (Wildman–Crippen MR) is 98.4 cm³/mol. The highest BCUT2D eigenvalue weighted by atomic mass is 16.7. The van der Waals surface area contributed by atoms with E-state index >= 15 is 0 Å². The fourth-order valence-electron chi connectivity index (χ4n) is 3.61. The van der Waals surface area contributed by atoms with Crippen molar-refractivity contribution in [2.24, 2.45) is 5.92 Å². The van der Waals surface area contributed by atoms with Gasteiger partial charge in [-0.05, 0) is 56.7 Å². The molecule has 1 fully saturated rings. The summed E-state index contributed by atoms with van der Waals surface area (Å²) in [7, 11) is 0. The highest BCUT2D eigenvalue weighted by Gasteiger charge is 2.51. The third kappa shape index (κ3) is 4.69. The van der Waals surface area contributed by atoms with E-state index in [4.69, 9.17) is 18.9 Å². The van der Waals surface area contributed by atoms with Crippen LogP contribution in [0, 0.1) is 5.92 Å². The Hall–Kier alpha value is -1.68. The molecule has 0 bridgehead atoms. The van der Waals surface area contributed by atoms with Gasteiger partial charge in [0.15, 0.2) is 11.5 Å². The maximum Gasteiger partial charge on any atom is 0.231 e. The molecule has 0 amide bonds. The lowest BCUT2D eigenvalue weighted by Gasteiger charge is -2.10. The molecule has 0 saturated carbocycles. The molecule has 2 aliphatic heterocycles. The third-order valence-corrected chi connectivity index (χ3v) is 5.00. The zero-order valence-corrected chi connectivity index (χ0v) is 15.8. The quantitative estimate of drug-likeness (QED) is 0.460. The fraction of sp³-hybridized carbons (Fsp3) is 0.619. The van der Waals surface area contributed by atoms with Gasteiger partial charge in [-0.1, -0.05) is 26.3 Å². The van der Waals surface area contributed by atoms with Crippen molar-refractivity contribution < 1.29 is 18.9 Å². The van der Waals surface area contributed by atoms with E-state index in [1.165, 1.54) is 5.57 Å². The number of epoxide rings is 1. The molecule has 2 atom stereocenters. The van der Waals surface area contributed by atoms with Crippen molar-refractivity contribution in [2.75, 3.05) is 13.4 Å². The van der Waals surface area contributed by atoms with Crippen LogP contribution in [0.3, 0.4) is 0 Å². The van der Waals surface area contributed by atoms with E-state index in [-0.39, 0.29) is 12.4 Å². The van der Waals surface area contributed by atoms with Gasteiger partial charge >= 0.3 is 0 Å². The highest BCUT2D eigenvalue weighted by molar-refractivity contribution is 5.46. The second-order valence-corrected chi connectivity index (χ2v) is 7.60. The average Bonchev–Trinajstić information content (AvgIpc) is 2.99. The van der Waals surface area contributed by atoms with Gasteiger partial charge in [0.1, 0.15) is 12.4 Å². The minimum atomic E-state index is 0.107. The number of hydrogen-bond acceptors (Lipinski definition) is 4. The standard InChI is InChI=1S/C21H30O4/c1-5-16(6-9-20-21(4,25-20)13-15(2)3)10-11-22-17-7-8-18-19(12-17)24-14-23-18/h7-8,10,12,15,20H,5-6,9,11,13-14H2,1-4H3/b16-10+. The van der Waals surface area contributed by atoms with Crippen molar-refractivity contribution in [3.63, 3.8) is 0 Å². The summed E-state index contributed by atoms with van der Waals surface area (Å²) in [6, 6.07) is 5.70. The molecule has 0 radical (unpaired) electrons. The summed E-state index contributed by atoms with van der Waals surface area (Å²) in [5, 5.41) is 0. The van der Waals surface area contributed by atoms with Gasteiger partial charge in [-0.2, -0.15) is 0 Å². The highest BCUT2D eigenvalue weighted by Crippen LogP contribution is 2.44. The van der Waals surface area contributed by atoms with Gasteiger partial charge in [-0.3, -0.25) is 0 Å². The van der Waals surface area contributed by atoms with Gasteiger partial charge in [-0.15, -0.1) is 0 Å². The zero-order valence-electron chi connectivity index (χ0n) is 15.8. The number of rotatable bonds is 9. The molecule has 4 nitrogen and oxygen atoms in total. The van der Waals surface area contributed by atoms with Crippen molar-refractivity contribution >= 4 is 0 Å². The van der Waals surface area contributed by atoms with E-state index in [9.17, 15) is 0 Å². The third-order valence-electron chi connectivity index (χ3n) is 5.00. The molecule has 2 heterocycles. The largest absolute Gasteiger partial charge is 0.489 e. The molecular weight excluding hydrogens is 316 g/mol. The molecule has 0 aromatic heterocycles. The van der Waals surface area contributed by atoms with Gasteiger partial charge in [0.25, 0.3) is 0 Å². The maximum atomic E-state index is 5.94. The first-order valence-electron chi connectivity index (χ1n) is 9.38. The molecule has 2 unspecified atom stereocenters. The van der Waals surface area contributed by atoms with Crippen LogP contribution in [0.15, 0.2) is 29.8 Å². The molecule has 3 rings (SSSR count). The van der Waals surface area contributed by atoms with Crippen LogP contribution >= 0.6 is 0 Å². The topological polar surface area (TPSA) is 40.2 Å². The van der Waals surface area contributed by atoms with Gasteiger partial charge in [-0.25, -0.2) is 0 Å². The van der Waals surface area contributed by atoms with Crippen molar-refractivity contribution in [1.82, 2.24) is 0 Å². The average molecular weight is 346 g/mol. The van der Waals surface area contributed by atoms with Gasteiger partial charge in [0.05, 0.1) is 11.7 Å². The first-order chi connectivity index (χ1) is 12.0. The number of allylic oxidation sites excluding steroid dienone is 1. The summed E-state index contributed by atoms with van der Waals surface area (Å²) in [4.78, 5) is 0. The Morgan fingerprint density at radius 2 is 2.12 bits per heavy atom. The molecule has 25 heavy (non-hydrogen) atoms. The smallest absolute Gasteiger partial charge is 0.231 e.